The summed E-state index contributed by atoms with van der Waals surface area (Å²) in [6.07, 6.45) is 0.588. The van der Waals surface area contributed by atoms with Crippen LogP contribution in [0.25, 0.3) is 11.0 Å². The molecular formula is C15H20ClN3O2. The second kappa shape index (κ2) is 6.45. The first kappa shape index (κ1) is 15.8. The first-order valence-corrected chi connectivity index (χ1v) is 7.33. The number of nitrogens with one attached hydrogen (secondary N) is 1. The van der Waals surface area contributed by atoms with Crippen LogP contribution in [-0.2, 0) is 18.4 Å². The van der Waals surface area contributed by atoms with Gasteiger partial charge in [0.05, 0.1) is 17.6 Å². The zero-order valence-electron chi connectivity index (χ0n) is 12.4. The van der Waals surface area contributed by atoms with Gasteiger partial charge in [-0.1, -0.05) is 25.4 Å². The van der Waals surface area contributed by atoms with Crippen LogP contribution in [0.2, 0.25) is 5.02 Å². The van der Waals surface area contributed by atoms with Gasteiger partial charge in [-0.25, -0.2) is 4.98 Å². The molecule has 2 rings (SSSR count). The van der Waals surface area contributed by atoms with Gasteiger partial charge >= 0.3 is 5.97 Å². The molecule has 1 atom stereocenters. The number of carboxylic acid groups (broad SMARTS) is 1. The van der Waals surface area contributed by atoms with Crippen molar-refractivity contribution < 1.29 is 9.90 Å². The number of fused-ring (bicyclic) bond motifs is 1. The number of carbonyl (C=O) groups is 1. The maximum atomic E-state index is 11.3. The third-order valence-corrected chi connectivity index (χ3v) is 3.68. The van der Waals surface area contributed by atoms with E-state index in [-0.39, 0.29) is 0 Å². The van der Waals surface area contributed by atoms with Crippen molar-refractivity contribution in [2.24, 2.45) is 13.0 Å². The Bertz CT molecular complexity index is 652. The number of hydrogen-bond donors (Lipinski definition) is 2. The second-order valence-electron chi connectivity index (χ2n) is 5.62. The molecule has 0 saturated carbocycles. The summed E-state index contributed by atoms with van der Waals surface area (Å²) in [6.45, 7) is 4.43. The van der Waals surface area contributed by atoms with Gasteiger partial charge in [0, 0.05) is 12.1 Å². The molecule has 0 fully saturated rings. The summed E-state index contributed by atoms with van der Waals surface area (Å²) in [5.74, 6) is 0.283. The standard InChI is InChI=1S/C15H20ClN3O2/c1-9(2)6-12(15(20)21)17-8-14-18-11-7-10(16)4-5-13(11)19(14)3/h4-5,7,9,12,17H,6,8H2,1-3H3,(H,20,21)/t12-/m0/s1. The molecule has 114 valence electrons. The molecule has 1 heterocycles. The van der Waals surface area contributed by atoms with Crippen molar-refractivity contribution >= 4 is 28.6 Å². The molecule has 6 heteroatoms. The van der Waals surface area contributed by atoms with E-state index < -0.39 is 12.0 Å². The van der Waals surface area contributed by atoms with Crippen molar-refractivity contribution in [3.8, 4) is 0 Å². The highest BCUT2D eigenvalue weighted by atomic mass is 35.5. The van der Waals surface area contributed by atoms with Crippen LogP contribution in [0.15, 0.2) is 18.2 Å². The highest BCUT2D eigenvalue weighted by molar-refractivity contribution is 6.31. The molecule has 5 nitrogen and oxygen atoms in total. The van der Waals surface area contributed by atoms with E-state index in [0.29, 0.717) is 23.9 Å². The normalized spacial score (nSPS) is 13.0. The van der Waals surface area contributed by atoms with Crippen LogP contribution in [0.4, 0.5) is 0 Å². The molecule has 21 heavy (non-hydrogen) atoms. The fourth-order valence-electron chi connectivity index (χ4n) is 2.34. The van der Waals surface area contributed by atoms with Gasteiger partial charge in [0.25, 0.3) is 0 Å². The second-order valence-corrected chi connectivity index (χ2v) is 6.06. The van der Waals surface area contributed by atoms with Crippen molar-refractivity contribution in [1.29, 1.82) is 0 Å². The number of aliphatic carboxylic acids is 1. The SMILES string of the molecule is CC(C)C[C@H](NCc1nc2cc(Cl)ccc2n1C)C(=O)O. The molecule has 0 bridgehead atoms. The van der Waals surface area contributed by atoms with E-state index >= 15 is 0 Å². The van der Waals surface area contributed by atoms with Gasteiger partial charge in [-0.15, -0.1) is 0 Å². The summed E-state index contributed by atoms with van der Waals surface area (Å²) in [6, 6.07) is 4.98. The number of benzene rings is 1. The van der Waals surface area contributed by atoms with E-state index in [9.17, 15) is 9.90 Å². The molecule has 1 aromatic heterocycles. The molecule has 2 aromatic rings. The summed E-state index contributed by atoms with van der Waals surface area (Å²) in [4.78, 5) is 15.8. The van der Waals surface area contributed by atoms with Gasteiger partial charge in [0.2, 0.25) is 0 Å². The predicted molar refractivity (Wildman–Crippen MR) is 83.4 cm³/mol. The zero-order chi connectivity index (χ0) is 15.6. The molecule has 2 N–H and O–H groups in total. The topological polar surface area (TPSA) is 67.2 Å². The Morgan fingerprint density at radius 3 is 2.81 bits per heavy atom. The fraction of sp³-hybridized carbons (Fsp3) is 0.467. The van der Waals surface area contributed by atoms with Gasteiger partial charge in [-0.3, -0.25) is 10.1 Å². The van der Waals surface area contributed by atoms with Crippen LogP contribution in [0, 0.1) is 5.92 Å². The maximum absolute atomic E-state index is 11.3. The van der Waals surface area contributed by atoms with Gasteiger partial charge in [-0.2, -0.15) is 0 Å². The number of aryl methyl sites for hydroxylation is 1. The zero-order valence-corrected chi connectivity index (χ0v) is 13.2. The third-order valence-electron chi connectivity index (χ3n) is 3.45. The molecule has 0 saturated heterocycles. The molecule has 0 aliphatic heterocycles. The molecule has 0 amide bonds. The summed E-state index contributed by atoms with van der Waals surface area (Å²) >= 11 is 5.96. The number of rotatable bonds is 6. The van der Waals surface area contributed by atoms with Crippen molar-refractivity contribution in [2.45, 2.75) is 32.9 Å². The van der Waals surface area contributed by atoms with E-state index in [2.05, 4.69) is 10.3 Å². The lowest BCUT2D eigenvalue weighted by molar-refractivity contribution is -0.140. The number of aromatic nitrogens is 2. The lowest BCUT2D eigenvalue weighted by Crippen LogP contribution is -2.37. The summed E-state index contributed by atoms with van der Waals surface area (Å²) in [5.41, 5.74) is 1.80. The molecule has 0 unspecified atom stereocenters. The molecule has 0 aliphatic carbocycles. The Morgan fingerprint density at radius 2 is 2.19 bits per heavy atom. The first-order valence-electron chi connectivity index (χ1n) is 6.95. The van der Waals surface area contributed by atoms with Crippen molar-refractivity contribution in [3.63, 3.8) is 0 Å². The lowest BCUT2D eigenvalue weighted by atomic mass is 10.0. The van der Waals surface area contributed by atoms with Gasteiger partial charge in [0.1, 0.15) is 11.9 Å². The van der Waals surface area contributed by atoms with Crippen molar-refractivity contribution in [2.75, 3.05) is 0 Å². The van der Waals surface area contributed by atoms with Crippen LogP contribution >= 0.6 is 11.6 Å². The molecule has 0 radical (unpaired) electrons. The maximum Gasteiger partial charge on any atom is 0.320 e. The van der Waals surface area contributed by atoms with Gasteiger partial charge in [0.15, 0.2) is 0 Å². The fourth-order valence-corrected chi connectivity index (χ4v) is 2.50. The highest BCUT2D eigenvalue weighted by Crippen LogP contribution is 2.19. The first-order chi connectivity index (χ1) is 9.88. The Hall–Kier alpha value is -1.59. The minimum Gasteiger partial charge on any atom is -0.480 e. The van der Waals surface area contributed by atoms with Crippen molar-refractivity contribution in [1.82, 2.24) is 14.9 Å². The number of nitrogens with zero attached hydrogens (tertiary/aromatic N) is 2. The van der Waals surface area contributed by atoms with E-state index in [4.69, 9.17) is 11.6 Å². The Kier molecular flexibility index (Phi) is 4.85. The predicted octanol–water partition coefficient (Wildman–Crippen LogP) is 2.82. The molecule has 0 spiro atoms. The van der Waals surface area contributed by atoms with Crippen molar-refractivity contribution in [3.05, 3.63) is 29.0 Å². The summed E-state index contributed by atoms with van der Waals surface area (Å²) < 4.78 is 1.95. The van der Waals surface area contributed by atoms with E-state index in [1.54, 1.807) is 0 Å². The Morgan fingerprint density at radius 1 is 1.48 bits per heavy atom. The minimum absolute atomic E-state index is 0.317. The molecular weight excluding hydrogens is 290 g/mol. The number of carboxylic acids is 1. The van der Waals surface area contributed by atoms with E-state index in [0.717, 1.165) is 16.9 Å². The number of imidazole rings is 1. The Balaban J connectivity index is 2.15. The molecule has 1 aromatic carbocycles. The monoisotopic (exact) mass is 309 g/mol. The number of halogens is 1. The molecule has 0 aliphatic rings. The average molecular weight is 310 g/mol. The smallest absolute Gasteiger partial charge is 0.320 e. The van der Waals surface area contributed by atoms with E-state index in [1.165, 1.54) is 0 Å². The summed E-state index contributed by atoms with van der Waals surface area (Å²) in [7, 11) is 1.92. The van der Waals surface area contributed by atoms with Gasteiger partial charge < -0.3 is 9.67 Å². The number of hydrogen-bond acceptors (Lipinski definition) is 3. The van der Waals surface area contributed by atoms with Crippen LogP contribution in [0.5, 0.6) is 0 Å². The average Bonchev–Trinajstić information content (AvgIpc) is 2.70. The van der Waals surface area contributed by atoms with Crippen LogP contribution in [0.3, 0.4) is 0 Å². The third kappa shape index (κ3) is 3.74. The summed E-state index contributed by atoms with van der Waals surface area (Å²) in [5, 5.41) is 12.9. The largest absolute Gasteiger partial charge is 0.480 e. The Labute approximate surface area is 128 Å². The highest BCUT2D eigenvalue weighted by Gasteiger charge is 2.19. The quantitative estimate of drug-likeness (QED) is 0.861. The minimum atomic E-state index is -0.828. The lowest BCUT2D eigenvalue weighted by Gasteiger charge is -2.16. The van der Waals surface area contributed by atoms with Crippen LogP contribution in [-0.4, -0.2) is 26.7 Å². The van der Waals surface area contributed by atoms with Gasteiger partial charge in [-0.05, 0) is 30.5 Å². The van der Waals surface area contributed by atoms with Crippen LogP contribution < -0.4 is 5.32 Å². The van der Waals surface area contributed by atoms with E-state index in [1.807, 2.05) is 43.7 Å². The van der Waals surface area contributed by atoms with Crippen LogP contribution in [0.1, 0.15) is 26.1 Å².